The van der Waals surface area contributed by atoms with Crippen LogP contribution in [0.3, 0.4) is 0 Å². The van der Waals surface area contributed by atoms with E-state index in [4.69, 9.17) is 14.9 Å². The first kappa shape index (κ1) is 15.3. The molecule has 1 aromatic heterocycles. The van der Waals surface area contributed by atoms with E-state index in [2.05, 4.69) is 4.98 Å². The first-order chi connectivity index (χ1) is 11.0. The number of benzene rings is 1. The molecule has 0 spiro atoms. The largest absolute Gasteiger partial charge is 0.493 e. The van der Waals surface area contributed by atoms with E-state index in [1.54, 1.807) is 11.8 Å². The number of oxazole rings is 1. The van der Waals surface area contributed by atoms with Crippen LogP contribution in [0.25, 0.3) is 0 Å². The molecule has 6 nitrogen and oxygen atoms in total. The predicted molar refractivity (Wildman–Crippen MR) is 81.6 cm³/mol. The summed E-state index contributed by atoms with van der Waals surface area (Å²) in [6.45, 7) is 4.56. The third kappa shape index (κ3) is 2.74. The Kier molecular flexibility index (Phi) is 3.94. The van der Waals surface area contributed by atoms with Crippen molar-refractivity contribution < 1.29 is 18.3 Å². The second kappa shape index (κ2) is 5.91. The summed E-state index contributed by atoms with van der Waals surface area (Å²) in [5.41, 5.74) is 6.83. The lowest BCUT2D eigenvalue weighted by molar-refractivity contribution is 0.0605. The lowest BCUT2D eigenvalue weighted by atomic mass is 9.96. The molecule has 0 aliphatic carbocycles. The smallest absolute Gasteiger partial charge is 0.292 e. The number of aryl methyl sites for hydroxylation is 1. The highest BCUT2D eigenvalue weighted by atomic mass is 19.1. The molecule has 0 saturated carbocycles. The summed E-state index contributed by atoms with van der Waals surface area (Å²) < 4.78 is 24.6. The van der Waals surface area contributed by atoms with Crippen molar-refractivity contribution in [1.82, 2.24) is 9.88 Å². The topological polar surface area (TPSA) is 81.6 Å². The zero-order valence-electron chi connectivity index (χ0n) is 13.0. The molecular formula is C16H18FN3O3. The monoisotopic (exact) mass is 319 g/mol. The molecule has 2 heterocycles. The Balaban J connectivity index is 1.99. The average Bonchev–Trinajstić information content (AvgIpc) is 2.95. The summed E-state index contributed by atoms with van der Waals surface area (Å²) in [6, 6.07) is 2.52. The van der Waals surface area contributed by atoms with Crippen molar-refractivity contribution in [2.75, 3.05) is 18.9 Å². The van der Waals surface area contributed by atoms with E-state index >= 15 is 0 Å². The molecule has 23 heavy (non-hydrogen) atoms. The highest BCUT2D eigenvalue weighted by Crippen LogP contribution is 2.39. The summed E-state index contributed by atoms with van der Waals surface area (Å²) in [6.07, 6.45) is 1.89. The van der Waals surface area contributed by atoms with Gasteiger partial charge in [0.2, 0.25) is 5.76 Å². The fourth-order valence-corrected chi connectivity index (χ4v) is 2.99. The van der Waals surface area contributed by atoms with E-state index in [1.165, 1.54) is 18.3 Å². The van der Waals surface area contributed by atoms with Crippen LogP contribution < -0.4 is 10.5 Å². The Labute approximate surface area is 133 Å². The fraction of sp³-hybridized carbons (Fsp3) is 0.375. The molecule has 2 aromatic rings. The molecule has 2 N–H and O–H groups in total. The Hall–Kier alpha value is -2.57. The molecule has 0 saturated heterocycles. The minimum Gasteiger partial charge on any atom is -0.493 e. The van der Waals surface area contributed by atoms with Crippen molar-refractivity contribution in [2.45, 2.75) is 26.3 Å². The number of fused-ring (bicyclic) bond motifs is 1. The summed E-state index contributed by atoms with van der Waals surface area (Å²) in [4.78, 5) is 18.0. The number of nitrogen functional groups attached to an aromatic ring is 1. The number of nitrogens with zero attached hydrogens (tertiary/aromatic N) is 2. The Morgan fingerprint density at radius 1 is 1.52 bits per heavy atom. The maximum atomic E-state index is 13.8. The predicted octanol–water partition coefficient (Wildman–Crippen LogP) is 2.69. The van der Waals surface area contributed by atoms with Gasteiger partial charge in [0.15, 0.2) is 0 Å². The molecule has 3 rings (SSSR count). The number of ether oxygens (including phenoxy) is 1. The molecule has 1 aliphatic rings. The number of anilines is 1. The quantitative estimate of drug-likeness (QED) is 0.940. The zero-order chi connectivity index (χ0) is 16.6. The number of aromatic nitrogens is 1. The standard InChI is InChI=1S/C16H18FN3O3/c1-3-20(15(21)13-8-19-16(18)23-13)12-4-5-22-14-9(2)6-10(17)7-11(12)14/h6-8,12H,3-5H2,1-2H3,(H2,18,19). The maximum Gasteiger partial charge on any atom is 0.292 e. The van der Waals surface area contributed by atoms with Crippen LogP contribution in [-0.2, 0) is 0 Å². The third-order valence-corrected chi connectivity index (χ3v) is 3.98. The Bertz CT molecular complexity index is 744. The molecule has 1 amide bonds. The van der Waals surface area contributed by atoms with E-state index < -0.39 is 0 Å². The van der Waals surface area contributed by atoms with Crippen LogP contribution in [-0.4, -0.2) is 28.9 Å². The number of hydrogen-bond donors (Lipinski definition) is 1. The first-order valence-electron chi connectivity index (χ1n) is 7.46. The average molecular weight is 319 g/mol. The molecule has 122 valence electrons. The highest BCUT2D eigenvalue weighted by molar-refractivity contribution is 5.91. The highest BCUT2D eigenvalue weighted by Gasteiger charge is 2.32. The minimum absolute atomic E-state index is 0.0568. The third-order valence-electron chi connectivity index (χ3n) is 3.98. The molecule has 1 unspecified atom stereocenters. The molecule has 1 aliphatic heterocycles. The molecule has 0 fully saturated rings. The number of nitrogens with two attached hydrogens (primary N) is 1. The van der Waals surface area contributed by atoms with Crippen LogP contribution in [0.4, 0.5) is 10.4 Å². The fourth-order valence-electron chi connectivity index (χ4n) is 2.99. The van der Waals surface area contributed by atoms with Crippen molar-refractivity contribution in [3.8, 4) is 5.75 Å². The van der Waals surface area contributed by atoms with Gasteiger partial charge in [-0.05, 0) is 31.5 Å². The van der Waals surface area contributed by atoms with Gasteiger partial charge in [-0.2, -0.15) is 0 Å². The van der Waals surface area contributed by atoms with Crippen LogP contribution >= 0.6 is 0 Å². The normalized spacial score (nSPS) is 16.6. The van der Waals surface area contributed by atoms with Crippen LogP contribution in [0, 0.1) is 12.7 Å². The van der Waals surface area contributed by atoms with Crippen molar-refractivity contribution >= 4 is 11.9 Å². The van der Waals surface area contributed by atoms with Gasteiger partial charge in [-0.1, -0.05) is 0 Å². The molecule has 7 heteroatoms. The van der Waals surface area contributed by atoms with E-state index in [1.807, 2.05) is 6.92 Å². The minimum atomic E-state index is -0.343. The van der Waals surface area contributed by atoms with Crippen molar-refractivity contribution in [2.24, 2.45) is 0 Å². The van der Waals surface area contributed by atoms with Crippen molar-refractivity contribution in [3.63, 3.8) is 0 Å². The number of hydrogen-bond acceptors (Lipinski definition) is 5. The SMILES string of the molecule is CCN(C(=O)c1cnc(N)o1)C1CCOc2c(C)cc(F)cc21. The molecular weight excluding hydrogens is 301 g/mol. The number of carbonyl (C=O) groups excluding carboxylic acids is 1. The van der Waals surface area contributed by atoms with Crippen molar-refractivity contribution in [1.29, 1.82) is 0 Å². The van der Waals surface area contributed by atoms with E-state index in [-0.39, 0.29) is 29.5 Å². The Morgan fingerprint density at radius 2 is 2.30 bits per heavy atom. The number of halogens is 1. The zero-order valence-corrected chi connectivity index (χ0v) is 13.0. The second-order valence-electron chi connectivity index (χ2n) is 5.45. The van der Waals surface area contributed by atoms with Crippen LogP contribution in [0.1, 0.15) is 41.1 Å². The van der Waals surface area contributed by atoms with Crippen LogP contribution in [0.15, 0.2) is 22.7 Å². The van der Waals surface area contributed by atoms with Gasteiger partial charge in [-0.15, -0.1) is 0 Å². The second-order valence-corrected chi connectivity index (χ2v) is 5.45. The molecule has 1 aromatic carbocycles. The van der Waals surface area contributed by atoms with Gasteiger partial charge in [-0.25, -0.2) is 9.37 Å². The summed E-state index contributed by atoms with van der Waals surface area (Å²) >= 11 is 0. The van der Waals surface area contributed by atoms with Gasteiger partial charge in [0.25, 0.3) is 11.9 Å². The van der Waals surface area contributed by atoms with Gasteiger partial charge >= 0.3 is 0 Å². The van der Waals surface area contributed by atoms with E-state index in [0.29, 0.717) is 30.9 Å². The van der Waals surface area contributed by atoms with Crippen molar-refractivity contribution in [3.05, 3.63) is 41.0 Å². The van der Waals surface area contributed by atoms with Gasteiger partial charge in [-0.3, -0.25) is 4.79 Å². The lowest BCUT2D eigenvalue weighted by Gasteiger charge is -2.35. The van der Waals surface area contributed by atoms with Crippen LogP contribution in [0.2, 0.25) is 0 Å². The molecule has 0 bridgehead atoms. The summed E-state index contributed by atoms with van der Waals surface area (Å²) in [7, 11) is 0. The summed E-state index contributed by atoms with van der Waals surface area (Å²) in [5.74, 6) is 0.0529. The van der Waals surface area contributed by atoms with Gasteiger partial charge in [0.05, 0.1) is 18.8 Å². The van der Waals surface area contributed by atoms with E-state index in [9.17, 15) is 9.18 Å². The Morgan fingerprint density at radius 3 is 2.96 bits per heavy atom. The van der Waals surface area contributed by atoms with Crippen LogP contribution in [0.5, 0.6) is 5.75 Å². The first-order valence-corrected chi connectivity index (χ1v) is 7.46. The maximum absolute atomic E-state index is 13.8. The molecule has 0 radical (unpaired) electrons. The van der Waals surface area contributed by atoms with Gasteiger partial charge in [0.1, 0.15) is 11.6 Å². The number of amides is 1. The molecule has 1 atom stereocenters. The summed E-state index contributed by atoms with van der Waals surface area (Å²) in [5, 5.41) is 0. The van der Waals surface area contributed by atoms with Gasteiger partial charge in [0, 0.05) is 18.5 Å². The lowest BCUT2D eigenvalue weighted by Crippen LogP contribution is -2.37. The number of carbonyl (C=O) groups is 1. The van der Waals surface area contributed by atoms with Gasteiger partial charge < -0.3 is 19.8 Å². The number of rotatable bonds is 3. The van der Waals surface area contributed by atoms with E-state index in [0.717, 1.165) is 5.56 Å².